The Morgan fingerprint density at radius 2 is 1.62 bits per heavy atom. The summed E-state index contributed by atoms with van der Waals surface area (Å²) in [5.74, 6) is 1.30. The second-order valence-electron chi connectivity index (χ2n) is 7.31. The number of thioether (sulfide) groups is 1. The molecule has 0 radical (unpaired) electrons. The highest BCUT2D eigenvalue weighted by Gasteiger charge is 2.15. The maximum absolute atomic E-state index is 12.3. The average Bonchev–Trinajstić information content (AvgIpc) is 3.24. The van der Waals surface area contributed by atoms with Crippen LogP contribution in [0.1, 0.15) is 22.5 Å². The first-order valence-electron chi connectivity index (χ1n) is 10.4. The van der Waals surface area contributed by atoms with E-state index in [1.165, 1.54) is 17.2 Å². The Balaban J connectivity index is 1.50. The molecule has 1 N–H and O–H groups in total. The van der Waals surface area contributed by atoms with Crippen molar-refractivity contribution in [3.63, 3.8) is 0 Å². The maximum atomic E-state index is 12.3. The van der Waals surface area contributed by atoms with Crippen molar-refractivity contribution >= 4 is 23.7 Å². The van der Waals surface area contributed by atoms with Crippen LogP contribution in [0.15, 0.2) is 96.2 Å². The van der Waals surface area contributed by atoms with E-state index in [9.17, 15) is 4.79 Å². The molecule has 0 bridgehead atoms. The number of nitrogens with one attached hydrogen (secondary N) is 1. The van der Waals surface area contributed by atoms with Gasteiger partial charge < -0.3 is 5.32 Å². The molecular formula is C26H24N4OS. The first-order valence-corrected chi connectivity index (χ1v) is 11.4. The minimum Gasteiger partial charge on any atom is -0.345 e. The summed E-state index contributed by atoms with van der Waals surface area (Å²) in [6.45, 7) is 2.34. The lowest BCUT2D eigenvalue weighted by atomic mass is 10.2. The molecule has 0 unspecified atom stereocenters. The van der Waals surface area contributed by atoms with Crippen molar-refractivity contribution in [3.8, 4) is 5.69 Å². The van der Waals surface area contributed by atoms with Crippen LogP contribution in [-0.4, -0.2) is 20.7 Å². The van der Waals surface area contributed by atoms with Gasteiger partial charge in [0.15, 0.2) is 11.0 Å². The quantitative estimate of drug-likeness (QED) is 0.302. The van der Waals surface area contributed by atoms with Crippen LogP contribution in [0.25, 0.3) is 11.8 Å². The fraction of sp³-hybridized carbons (Fsp3) is 0.115. The first kappa shape index (κ1) is 21.6. The molecule has 160 valence electrons. The summed E-state index contributed by atoms with van der Waals surface area (Å²) in [7, 11) is 0. The highest BCUT2D eigenvalue weighted by Crippen LogP contribution is 2.25. The van der Waals surface area contributed by atoms with Gasteiger partial charge in [0.05, 0.1) is 6.54 Å². The lowest BCUT2D eigenvalue weighted by molar-refractivity contribution is -0.116. The Labute approximate surface area is 192 Å². The summed E-state index contributed by atoms with van der Waals surface area (Å²) < 4.78 is 2.01. The molecule has 1 aromatic heterocycles. The van der Waals surface area contributed by atoms with Crippen molar-refractivity contribution in [3.05, 3.63) is 114 Å². The number of nitrogens with zero attached hydrogens (tertiary/aromatic N) is 3. The van der Waals surface area contributed by atoms with Gasteiger partial charge in [0.2, 0.25) is 5.91 Å². The van der Waals surface area contributed by atoms with Crippen LogP contribution in [-0.2, 0) is 17.1 Å². The zero-order valence-corrected chi connectivity index (χ0v) is 18.6. The van der Waals surface area contributed by atoms with Crippen molar-refractivity contribution in [1.82, 2.24) is 20.1 Å². The normalized spacial score (nSPS) is 11.0. The summed E-state index contributed by atoms with van der Waals surface area (Å²) in [4.78, 5) is 12.3. The van der Waals surface area contributed by atoms with Crippen molar-refractivity contribution in [1.29, 1.82) is 0 Å². The SMILES string of the molecule is Cc1ccc(-n2c(CNC(=O)C=Cc3ccccc3)nnc2SCc2ccccc2)cc1. The van der Waals surface area contributed by atoms with Gasteiger partial charge in [-0.2, -0.15) is 0 Å². The van der Waals surface area contributed by atoms with Gasteiger partial charge in [-0.05, 0) is 36.3 Å². The number of rotatable bonds is 8. The molecule has 0 aliphatic carbocycles. The van der Waals surface area contributed by atoms with Crippen LogP contribution in [0.2, 0.25) is 0 Å². The minimum absolute atomic E-state index is 0.175. The Bertz CT molecular complexity index is 1190. The largest absolute Gasteiger partial charge is 0.345 e. The molecular weight excluding hydrogens is 416 g/mol. The number of aromatic nitrogens is 3. The standard InChI is InChI=1S/C26H24N4OS/c1-20-12-15-23(16-13-20)30-24(18-27-25(31)17-14-21-8-4-2-5-9-21)28-29-26(30)32-19-22-10-6-3-7-11-22/h2-17H,18-19H2,1H3,(H,27,31). The lowest BCUT2D eigenvalue weighted by Crippen LogP contribution is -2.22. The molecule has 4 rings (SSSR count). The Kier molecular flexibility index (Phi) is 7.15. The molecule has 0 fully saturated rings. The fourth-order valence-corrected chi connectivity index (χ4v) is 4.07. The van der Waals surface area contributed by atoms with E-state index in [0.29, 0.717) is 5.82 Å². The van der Waals surface area contributed by atoms with E-state index in [1.54, 1.807) is 17.8 Å². The highest BCUT2D eigenvalue weighted by atomic mass is 32.2. The van der Waals surface area contributed by atoms with Gasteiger partial charge in [-0.1, -0.05) is 90.1 Å². The summed E-state index contributed by atoms with van der Waals surface area (Å²) in [5, 5.41) is 12.5. The van der Waals surface area contributed by atoms with Crippen LogP contribution in [0, 0.1) is 6.92 Å². The predicted molar refractivity (Wildman–Crippen MR) is 129 cm³/mol. The van der Waals surface area contributed by atoms with Gasteiger partial charge in [-0.15, -0.1) is 10.2 Å². The van der Waals surface area contributed by atoms with Crippen molar-refractivity contribution < 1.29 is 4.79 Å². The van der Waals surface area contributed by atoms with E-state index in [-0.39, 0.29) is 12.5 Å². The minimum atomic E-state index is -0.175. The molecule has 0 saturated heterocycles. The predicted octanol–water partition coefficient (Wildman–Crippen LogP) is 5.20. The zero-order chi connectivity index (χ0) is 22.2. The second-order valence-corrected chi connectivity index (χ2v) is 8.25. The van der Waals surface area contributed by atoms with E-state index in [0.717, 1.165) is 22.2 Å². The molecule has 5 nitrogen and oxygen atoms in total. The number of carbonyl (C=O) groups excluding carboxylic acids is 1. The van der Waals surface area contributed by atoms with Gasteiger partial charge in [-0.3, -0.25) is 9.36 Å². The Hall–Kier alpha value is -3.64. The molecule has 32 heavy (non-hydrogen) atoms. The molecule has 0 aliphatic heterocycles. The van der Waals surface area contributed by atoms with Gasteiger partial charge >= 0.3 is 0 Å². The topological polar surface area (TPSA) is 59.8 Å². The molecule has 4 aromatic rings. The van der Waals surface area contributed by atoms with Crippen LogP contribution >= 0.6 is 11.8 Å². The maximum Gasteiger partial charge on any atom is 0.244 e. The molecule has 6 heteroatoms. The number of hydrogen-bond acceptors (Lipinski definition) is 4. The van der Waals surface area contributed by atoms with Crippen molar-refractivity contribution in [2.75, 3.05) is 0 Å². The Morgan fingerprint density at radius 1 is 0.938 bits per heavy atom. The number of benzene rings is 3. The zero-order valence-electron chi connectivity index (χ0n) is 17.8. The molecule has 0 spiro atoms. The summed E-state index contributed by atoms with van der Waals surface area (Å²) in [6.07, 6.45) is 3.33. The average molecular weight is 441 g/mol. The number of aryl methyl sites for hydroxylation is 1. The smallest absolute Gasteiger partial charge is 0.244 e. The van der Waals surface area contributed by atoms with E-state index >= 15 is 0 Å². The number of carbonyl (C=O) groups is 1. The highest BCUT2D eigenvalue weighted by molar-refractivity contribution is 7.98. The van der Waals surface area contributed by atoms with E-state index in [1.807, 2.05) is 65.2 Å². The number of hydrogen-bond donors (Lipinski definition) is 1. The van der Waals surface area contributed by atoms with Gasteiger partial charge in [0.1, 0.15) is 0 Å². The Morgan fingerprint density at radius 3 is 2.34 bits per heavy atom. The first-order chi connectivity index (χ1) is 15.7. The summed E-state index contributed by atoms with van der Waals surface area (Å²) in [6, 6.07) is 28.2. The van der Waals surface area contributed by atoms with Gasteiger partial charge in [-0.25, -0.2) is 0 Å². The summed E-state index contributed by atoms with van der Waals surface area (Å²) >= 11 is 1.62. The molecule has 1 amide bonds. The monoisotopic (exact) mass is 440 g/mol. The molecule has 3 aromatic carbocycles. The van der Waals surface area contributed by atoms with Crippen LogP contribution in [0.4, 0.5) is 0 Å². The van der Waals surface area contributed by atoms with Crippen molar-refractivity contribution in [2.45, 2.75) is 24.4 Å². The van der Waals surface area contributed by atoms with Crippen LogP contribution in [0.5, 0.6) is 0 Å². The van der Waals surface area contributed by atoms with Gasteiger partial charge in [0, 0.05) is 17.5 Å². The molecule has 0 aliphatic rings. The van der Waals surface area contributed by atoms with Gasteiger partial charge in [0.25, 0.3) is 0 Å². The third kappa shape index (κ3) is 5.74. The third-order valence-corrected chi connectivity index (χ3v) is 5.85. The van der Waals surface area contributed by atoms with Crippen molar-refractivity contribution in [2.24, 2.45) is 0 Å². The summed E-state index contributed by atoms with van der Waals surface area (Å²) in [5.41, 5.74) is 4.35. The third-order valence-electron chi connectivity index (χ3n) is 4.85. The molecule has 1 heterocycles. The van der Waals surface area contributed by atoms with Crippen LogP contribution < -0.4 is 5.32 Å². The molecule has 0 atom stereocenters. The van der Waals surface area contributed by atoms with E-state index < -0.39 is 0 Å². The second kappa shape index (κ2) is 10.6. The lowest BCUT2D eigenvalue weighted by Gasteiger charge is -2.11. The van der Waals surface area contributed by atoms with E-state index in [2.05, 4.69) is 46.7 Å². The fourth-order valence-electron chi connectivity index (χ4n) is 3.14. The van der Waals surface area contributed by atoms with Crippen LogP contribution in [0.3, 0.4) is 0 Å². The number of amides is 1. The molecule has 0 saturated carbocycles. The van der Waals surface area contributed by atoms with E-state index in [4.69, 9.17) is 0 Å².